The van der Waals surface area contributed by atoms with Gasteiger partial charge in [0.2, 0.25) is 11.1 Å². The monoisotopic (exact) mass is 294 g/mol. The van der Waals surface area contributed by atoms with Crippen LogP contribution in [0.3, 0.4) is 0 Å². The van der Waals surface area contributed by atoms with Gasteiger partial charge in [0.15, 0.2) is 11.6 Å². The topological polar surface area (TPSA) is 84.2 Å². The van der Waals surface area contributed by atoms with E-state index in [-0.39, 0.29) is 5.91 Å². The summed E-state index contributed by atoms with van der Waals surface area (Å²) in [6, 6.07) is 3.58. The van der Waals surface area contributed by atoms with Crippen LogP contribution < -0.4 is 0 Å². The lowest BCUT2D eigenvalue weighted by Crippen LogP contribution is -2.41. The number of furan rings is 1. The molecule has 0 unspecified atom stereocenters. The van der Waals surface area contributed by atoms with Crippen LogP contribution in [0, 0.1) is 0 Å². The molecular weight excluding hydrogens is 280 g/mol. The normalized spacial score (nSPS) is 15.5. The molecule has 2 aromatic rings. The van der Waals surface area contributed by atoms with Crippen LogP contribution in [0.15, 0.2) is 28.0 Å². The number of ether oxygens (including phenoxy) is 1. The highest BCUT2D eigenvalue weighted by Crippen LogP contribution is 2.19. The second kappa shape index (κ2) is 6.10. The first kappa shape index (κ1) is 13.2. The Hall–Kier alpha value is -1.80. The van der Waals surface area contributed by atoms with Crippen molar-refractivity contribution in [2.45, 2.75) is 5.16 Å². The molecular formula is C12H14N4O3S. The van der Waals surface area contributed by atoms with Crippen LogP contribution in [0.5, 0.6) is 0 Å². The van der Waals surface area contributed by atoms with Crippen molar-refractivity contribution in [3.63, 3.8) is 0 Å². The van der Waals surface area contributed by atoms with E-state index in [0.717, 1.165) is 0 Å². The van der Waals surface area contributed by atoms with Gasteiger partial charge >= 0.3 is 0 Å². The molecule has 0 atom stereocenters. The van der Waals surface area contributed by atoms with Crippen molar-refractivity contribution in [3.05, 3.63) is 18.4 Å². The maximum atomic E-state index is 12.0. The Labute approximate surface area is 119 Å². The molecule has 1 fully saturated rings. The summed E-state index contributed by atoms with van der Waals surface area (Å²) in [6.45, 7) is 2.54. The number of aromatic nitrogens is 3. The first-order chi connectivity index (χ1) is 9.83. The maximum absolute atomic E-state index is 12.0. The van der Waals surface area contributed by atoms with Crippen molar-refractivity contribution in [1.82, 2.24) is 20.1 Å². The van der Waals surface area contributed by atoms with Gasteiger partial charge in [-0.2, -0.15) is 4.98 Å². The van der Waals surface area contributed by atoms with Gasteiger partial charge < -0.3 is 14.1 Å². The number of carbonyl (C=O) groups is 1. The molecule has 8 heteroatoms. The van der Waals surface area contributed by atoms with Crippen LogP contribution in [0.2, 0.25) is 0 Å². The summed E-state index contributed by atoms with van der Waals surface area (Å²) in [5, 5.41) is 7.39. The molecule has 2 aromatic heterocycles. The number of carbonyl (C=O) groups excluding carboxylic acids is 1. The minimum Gasteiger partial charge on any atom is -0.461 e. The fourth-order valence-corrected chi connectivity index (χ4v) is 2.57. The molecule has 0 aliphatic carbocycles. The molecule has 0 aromatic carbocycles. The van der Waals surface area contributed by atoms with Gasteiger partial charge in [-0.25, -0.2) is 0 Å². The smallest absolute Gasteiger partial charge is 0.233 e. The number of morpholine rings is 1. The van der Waals surface area contributed by atoms with E-state index in [1.165, 1.54) is 11.8 Å². The highest BCUT2D eigenvalue weighted by atomic mass is 32.2. The Bertz CT molecular complexity index is 563. The van der Waals surface area contributed by atoms with Crippen molar-refractivity contribution in [2.75, 3.05) is 32.1 Å². The third-order valence-corrected chi connectivity index (χ3v) is 3.74. The van der Waals surface area contributed by atoms with Crippen molar-refractivity contribution in [3.8, 4) is 11.6 Å². The first-order valence-corrected chi connectivity index (χ1v) is 7.26. The van der Waals surface area contributed by atoms with Crippen molar-refractivity contribution >= 4 is 17.7 Å². The predicted molar refractivity (Wildman–Crippen MR) is 72.2 cm³/mol. The summed E-state index contributed by atoms with van der Waals surface area (Å²) < 4.78 is 10.4. The number of amides is 1. The molecule has 3 rings (SSSR count). The molecule has 1 aliphatic rings. The third kappa shape index (κ3) is 3.02. The summed E-state index contributed by atoms with van der Waals surface area (Å²) in [7, 11) is 0. The van der Waals surface area contributed by atoms with E-state index in [2.05, 4.69) is 15.2 Å². The van der Waals surface area contributed by atoms with E-state index >= 15 is 0 Å². The lowest BCUT2D eigenvalue weighted by atomic mass is 10.4. The van der Waals surface area contributed by atoms with E-state index < -0.39 is 0 Å². The second-order valence-corrected chi connectivity index (χ2v) is 5.17. The molecule has 106 valence electrons. The molecule has 0 radical (unpaired) electrons. The van der Waals surface area contributed by atoms with Crippen LogP contribution in [0.4, 0.5) is 0 Å². The molecule has 7 nitrogen and oxygen atoms in total. The summed E-state index contributed by atoms with van der Waals surface area (Å²) in [6.07, 6.45) is 1.58. The average Bonchev–Trinajstić information content (AvgIpc) is 3.16. The molecule has 1 aliphatic heterocycles. The van der Waals surface area contributed by atoms with Gasteiger partial charge in [0.25, 0.3) is 0 Å². The SMILES string of the molecule is O=C(CSc1n[nH]c(-c2ccco2)n1)N1CCOCC1. The zero-order chi connectivity index (χ0) is 13.8. The quantitative estimate of drug-likeness (QED) is 0.847. The molecule has 20 heavy (non-hydrogen) atoms. The minimum absolute atomic E-state index is 0.0858. The number of rotatable bonds is 4. The third-order valence-electron chi connectivity index (χ3n) is 2.91. The van der Waals surface area contributed by atoms with Gasteiger partial charge in [-0.15, -0.1) is 5.10 Å². The first-order valence-electron chi connectivity index (χ1n) is 6.27. The number of hydrogen-bond donors (Lipinski definition) is 1. The second-order valence-electron chi connectivity index (χ2n) is 4.23. The van der Waals surface area contributed by atoms with E-state index in [1.54, 1.807) is 23.3 Å². The standard InChI is InChI=1S/C12H14N4O3S/c17-10(16-3-6-18-7-4-16)8-20-12-13-11(14-15-12)9-2-1-5-19-9/h1-2,5H,3-4,6-8H2,(H,13,14,15). The van der Waals surface area contributed by atoms with Crippen LogP contribution >= 0.6 is 11.8 Å². The Morgan fingerprint density at radius 1 is 1.45 bits per heavy atom. The van der Waals surface area contributed by atoms with E-state index in [0.29, 0.717) is 48.8 Å². The highest BCUT2D eigenvalue weighted by Gasteiger charge is 2.18. The highest BCUT2D eigenvalue weighted by molar-refractivity contribution is 7.99. The zero-order valence-electron chi connectivity index (χ0n) is 10.7. The Kier molecular flexibility index (Phi) is 4.03. The molecule has 1 amide bonds. The van der Waals surface area contributed by atoms with Crippen molar-refractivity contribution < 1.29 is 13.9 Å². The van der Waals surface area contributed by atoms with Gasteiger partial charge in [0.05, 0.1) is 25.2 Å². The van der Waals surface area contributed by atoms with Crippen LogP contribution in [0.25, 0.3) is 11.6 Å². The number of nitrogens with one attached hydrogen (secondary N) is 1. The summed E-state index contributed by atoms with van der Waals surface area (Å²) >= 11 is 1.31. The minimum atomic E-state index is 0.0858. The number of H-pyrrole nitrogens is 1. The maximum Gasteiger partial charge on any atom is 0.233 e. The summed E-state index contributed by atoms with van der Waals surface area (Å²) in [5.74, 6) is 1.61. The lowest BCUT2D eigenvalue weighted by molar-refractivity contribution is -0.132. The van der Waals surface area contributed by atoms with Gasteiger partial charge in [-0.1, -0.05) is 11.8 Å². The average molecular weight is 294 g/mol. The van der Waals surface area contributed by atoms with Crippen molar-refractivity contribution in [1.29, 1.82) is 0 Å². The lowest BCUT2D eigenvalue weighted by Gasteiger charge is -2.26. The van der Waals surface area contributed by atoms with Gasteiger partial charge in [-0.05, 0) is 12.1 Å². The van der Waals surface area contributed by atoms with Crippen LogP contribution in [-0.4, -0.2) is 58.0 Å². The number of aromatic amines is 1. The van der Waals surface area contributed by atoms with Crippen LogP contribution in [0.1, 0.15) is 0 Å². The van der Waals surface area contributed by atoms with Crippen LogP contribution in [-0.2, 0) is 9.53 Å². The molecule has 1 saturated heterocycles. The van der Waals surface area contributed by atoms with Gasteiger partial charge in [0.1, 0.15) is 0 Å². The largest absolute Gasteiger partial charge is 0.461 e. The molecule has 1 N–H and O–H groups in total. The number of nitrogens with zero attached hydrogens (tertiary/aromatic N) is 3. The fourth-order valence-electron chi connectivity index (χ4n) is 1.86. The summed E-state index contributed by atoms with van der Waals surface area (Å²) in [4.78, 5) is 18.1. The Balaban J connectivity index is 1.54. The summed E-state index contributed by atoms with van der Waals surface area (Å²) in [5.41, 5.74) is 0. The van der Waals surface area contributed by atoms with E-state index in [1.807, 2.05) is 0 Å². The van der Waals surface area contributed by atoms with Gasteiger partial charge in [0, 0.05) is 13.1 Å². The molecule has 3 heterocycles. The Morgan fingerprint density at radius 3 is 3.05 bits per heavy atom. The predicted octanol–water partition coefficient (Wildman–Crippen LogP) is 1.02. The molecule has 0 saturated carbocycles. The van der Waals surface area contributed by atoms with E-state index in [9.17, 15) is 4.79 Å². The Morgan fingerprint density at radius 2 is 2.30 bits per heavy atom. The van der Waals surface area contributed by atoms with E-state index in [4.69, 9.17) is 9.15 Å². The van der Waals surface area contributed by atoms with Gasteiger partial charge in [-0.3, -0.25) is 9.89 Å². The molecule has 0 bridgehead atoms. The molecule has 0 spiro atoms. The number of thioether (sulfide) groups is 1. The fraction of sp³-hybridized carbons (Fsp3) is 0.417. The van der Waals surface area contributed by atoms with Crippen molar-refractivity contribution in [2.24, 2.45) is 0 Å². The zero-order valence-corrected chi connectivity index (χ0v) is 11.6. The number of hydrogen-bond acceptors (Lipinski definition) is 6.